The zero-order valence-corrected chi connectivity index (χ0v) is 74.3. The van der Waals surface area contributed by atoms with Crippen LogP contribution in [-0.4, -0.2) is 235 Å². The van der Waals surface area contributed by atoms with Crippen LogP contribution in [0.1, 0.15) is 162 Å². The predicted octanol–water partition coefficient (Wildman–Crippen LogP) is -0.786. The number of hydrogen-bond donors (Lipinski definition) is 21. The van der Waals surface area contributed by atoms with Crippen molar-refractivity contribution in [3.8, 4) is 5.75 Å². The quantitative estimate of drug-likeness (QED) is 0.0146. The Morgan fingerprint density at radius 2 is 0.937 bits per heavy atom. The fourth-order valence-electron chi connectivity index (χ4n) is 14.0. The Hall–Kier alpha value is -12.2. The molecule has 40 heteroatoms. The van der Waals surface area contributed by atoms with Gasteiger partial charge in [0.15, 0.2) is 5.96 Å². The molecule has 1 aromatic heterocycles. The average molecular weight is 1780 g/mol. The zero-order valence-electron chi connectivity index (χ0n) is 73.5. The summed E-state index contributed by atoms with van der Waals surface area (Å²) in [6.45, 7) is 17.0. The van der Waals surface area contributed by atoms with Crippen molar-refractivity contribution in [2.75, 3.05) is 25.1 Å². The minimum atomic E-state index is -1.72. The smallest absolute Gasteiger partial charge is 0.326 e. The van der Waals surface area contributed by atoms with Crippen LogP contribution in [0, 0.1) is 35.0 Å². The summed E-state index contributed by atoms with van der Waals surface area (Å²) in [4.78, 5) is 234. The first-order chi connectivity index (χ1) is 59.6. The van der Waals surface area contributed by atoms with Crippen LogP contribution in [0.4, 0.5) is 0 Å². The number of nitrogens with zero attached hydrogens (tertiary/aromatic N) is 2. The number of hydrogen-bond acceptors (Lipinski definition) is 21. The lowest BCUT2D eigenvalue weighted by Crippen LogP contribution is -2.62. The molecule has 126 heavy (non-hydrogen) atoms. The fraction of sp³-hybridized carbons (Fsp3) is 0.558. The van der Waals surface area contributed by atoms with E-state index in [1.165, 1.54) is 53.5 Å². The Bertz CT molecular complexity index is 4320. The first kappa shape index (κ1) is 104. The first-order valence-corrected chi connectivity index (χ1v) is 43.9. The molecule has 1 saturated heterocycles. The van der Waals surface area contributed by atoms with E-state index in [0.29, 0.717) is 28.8 Å². The molecule has 0 bridgehead atoms. The van der Waals surface area contributed by atoms with Crippen LogP contribution in [0.2, 0.25) is 0 Å². The second-order valence-electron chi connectivity index (χ2n) is 33.2. The molecule has 1 aliphatic heterocycles. The van der Waals surface area contributed by atoms with E-state index in [0.717, 1.165) is 0 Å². The summed E-state index contributed by atoms with van der Waals surface area (Å²) in [5.74, 6) is -17.1. The molecule has 0 unspecified atom stereocenters. The second-order valence-corrected chi connectivity index (χ2v) is 34.2. The Balaban J connectivity index is 1.40. The van der Waals surface area contributed by atoms with Gasteiger partial charge in [-0.2, -0.15) is 11.8 Å². The third kappa shape index (κ3) is 35.4. The number of carboxylic acid groups (broad SMARTS) is 1. The number of primary amides is 2. The number of benzene rings is 3. The van der Waals surface area contributed by atoms with Crippen LogP contribution >= 0.6 is 11.8 Å². The summed E-state index contributed by atoms with van der Waals surface area (Å²) in [6, 6.07) is 3.41. The number of carbonyl (C=O) groups excluding carboxylic acids is 15. The van der Waals surface area contributed by atoms with Gasteiger partial charge in [0, 0.05) is 57.1 Å². The maximum atomic E-state index is 15.2. The second kappa shape index (κ2) is 52.5. The fourth-order valence-corrected chi connectivity index (χ4v) is 14.5. The van der Waals surface area contributed by atoms with Gasteiger partial charge in [0.05, 0.1) is 18.8 Å². The normalized spacial score (nSPS) is 15.8. The van der Waals surface area contributed by atoms with Crippen molar-refractivity contribution in [3.63, 3.8) is 0 Å². The Labute approximate surface area is 738 Å². The van der Waals surface area contributed by atoms with Crippen molar-refractivity contribution in [1.29, 1.82) is 5.41 Å². The number of aliphatic carboxylic acids is 1. The molecule has 0 radical (unpaired) electrons. The van der Waals surface area contributed by atoms with Crippen molar-refractivity contribution in [2.45, 2.75) is 250 Å². The molecule has 2 heterocycles. The van der Waals surface area contributed by atoms with Crippen molar-refractivity contribution in [3.05, 3.63) is 120 Å². The Kier molecular flexibility index (Phi) is 43.5. The van der Waals surface area contributed by atoms with Gasteiger partial charge in [-0.25, -0.2) is 9.78 Å². The summed E-state index contributed by atoms with van der Waals surface area (Å²) < 4.78 is 0. The van der Waals surface area contributed by atoms with E-state index in [2.05, 4.69) is 79.1 Å². The minimum absolute atomic E-state index is 0.000697. The molecule has 0 saturated carbocycles. The number of nitrogens with two attached hydrogens (primary N) is 4. The van der Waals surface area contributed by atoms with E-state index in [1.807, 2.05) is 0 Å². The number of amides is 15. The van der Waals surface area contributed by atoms with Crippen molar-refractivity contribution in [1.82, 2.24) is 84.0 Å². The molecule has 1 fully saturated rings. The number of nitrogens with one attached hydrogen (secondary N) is 15. The predicted molar refractivity (Wildman–Crippen MR) is 470 cm³/mol. The monoisotopic (exact) mass is 1780 g/mol. The largest absolute Gasteiger partial charge is 0.508 e. The van der Waals surface area contributed by atoms with E-state index < -0.39 is 222 Å². The van der Waals surface area contributed by atoms with Crippen LogP contribution in [0.15, 0.2) is 97.5 Å². The summed E-state index contributed by atoms with van der Waals surface area (Å²) in [6.07, 6.45) is 3.22. The highest BCUT2D eigenvalue weighted by Gasteiger charge is 2.43. The number of thioether (sulfide) groups is 1. The molecule has 0 aliphatic carbocycles. The van der Waals surface area contributed by atoms with Crippen molar-refractivity contribution in [2.24, 2.45) is 52.5 Å². The van der Waals surface area contributed by atoms with E-state index >= 15 is 14.4 Å². The van der Waals surface area contributed by atoms with E-state index in [4.69, 9.17) is 28.3 Å². The molecule has 1 aliphatic rings. The molecule has 5 rings (SSSR count). The van der Waals surface area contributed by atoms with Gasteiger partial charge >= 0.3 is 5.97 Å². The summed E-state index contributed by atoms with van der Waals surface area (Å²) in [5.41, 5.74) is 25.0. The van der Waals surface area contributed by atoms with Gasteiger partial charge in [0.2, 0.25) is 88.6 Å². The number of aromatic hydroxyl groups is 1. The minimum Gasteiger partial charge on any atom is -0.508 e. The van der Waals surface area contributed by atoms with Crippen LogP contribution < -0.4 is 92.1 Å². The summed E-state index contributed by atoms with van der Waals surface area (Å²) >= 11 is 1.33. The number of rotatable bonds is 54. The molecule has 0 spiro atoms. The number of aromatic nitrogens is 2. The highest BCUT2D eigenvalue weighted by Crippen LogP contribution is 2.24. The number of aromatic amines is 1. The van der Waals surface area contributed by atoms with E-state index in [1.54, 1.807) is 136 Å². The Morgan fingerprint density at radius 3 is 1.40 bits per heavy atom. The summed E-state index contributed by atoms with van der Waals surface area (Å²) in [5, 5.41) is 62.7. The summed E-state index contributed by atoms with van der Waals surface area (Å²) in [7, 11) is 0. The highest BCUT2D eigenvalue weighted by molar-refractivity contribution is 7.98. The van der Waals surface area contributed by atoms with Gasteiger partial charge in [-0.1, -0.05) is 148 Å². The number of phenols is 1. The van der Waals surface area contributed by atoms with Gasteiger partial charge in [0.25, 0.3) is 0 Å². The SMILES string of the molecule is CC[C@H](C)[C@H](NC(=O)[C@H](Cc1ccccc1)NC(=O)[C@H](Cc1ccc(O)cc1)NC(=O)[C@H](CC(C)C)NC(=O)[C@@H]1CCCN1C(=O)[C@H](CC(C)C)NC(=O)[C@H](CCCNC(=N)N)NC(=O)[C@H](CCC(N)=O)NC(=O)[C@H](CCSC)NC(=O)[C@@H](NC(=O)[C@H](Cc1ccccc1)NC(=O)[C@@H](N)Cc1cnc[nH]1)C(C)C)C(=O)N[C@H](C(=O)N[C@@H](CC(N)=O)C(=O)O)C(C)C. The van der Waals surface area contributed by atoms with Crippen LogP contribution in [0.25, 0.3) is 0 Å². The van der Waals surface area contributed by atoms with Crippen LogP contribution in [0.3, 0.4) is 0 Å². The van der Waals surface area contributed by atoms with Crippen molar-refractivity contribution < 1.29 is 86.9 Å². The van der Waals surface area contributed by atoms with Gasteiger partial charge < -0.3 is 112 Å². The molecular formula is C86H129N21O18S. The van der Waals surface area contributed by atoms with Crippen LogP contribution in [-0.2, 0) is 102 Å². The number of phenolic OH excluding ortho intramolecular Hbond substituents is 1. The molecule has 25 N–H and O–H groups in total. The molecule has 15 amide bonds. The molecule has 39 nitrogen and oxygen atoms in total. The van der Waals surface area contributed by atoms with E-state index in [9.17, 15) is 72.5 Å². The molecule has 15 atom stereocenters. The van der Waals surface area contributed by atoms with E-state index in [-0.39, 0.29) is 107 Å². The van der Waals surface area contributed by atoms with Crippen molar-refractivity contribution >= 4 is 112 Å². The topological polar surface area (TPSA) is 630 Å². The number of imidazole rings is 1. The maximum absolute atomic E-state index is 15.2. The van der Waals surface area contributed by atoms with Gasteiger partial charge in [-0.15, -0.1) is 0 Å². The van der Waals surface area contributed by atoms with Gasteiger partial charge in [-0.05, 0) is 122 Å². The van der Waals surface area contributed by atoms with Gasteiger partial charge in [-0.3, -0.25) is 77.3 Å². The first-order valence-electron chi connectivity index (χ1n) is 42.5. The zero-order chi connectivity index (χ0) is 93.6. The number of carboxylic acids is 1. The lowest BCUT2D eigenvalue weighted by atomic mass is 9.95. The molecule has 4 aromatic rings. The molecule has 3 aromatic carbocycles. The lowest BCUT2D eigenvalue weighted by Gasteiger charge is -2.32. The number of guanidine groups is 1. The number of H-pyrrole nitrogens is 1. The third-order valence-electron chi connectivity index (χ3n) is 21.2. The number of likely N-dealkylation sites (tertiary alicyclic amines) is 1. The lowest BCUT2D eigenvalue weighted by molar-refractivity contribution is -0.144. The van der Waals surface area contributed by atoms with Crippen LogP contribution in [0.5, 0.6) is 5.75 Å². The average Bonchev–Trinajstić information content (AvgIpc) is 1.64. The Morgan fingerprint density at radius 1 is 0.508 bits per heavy atom. The van der Waals surface area contributed by atoms with Gasteiger partial charge in [0.1, 0.15) is 84.3 Å². The number of carbonyl (C=O) groups is 16. The maximum Gasteiger partial charge on any atom is 0.326 e. The highest BCUT2D eigenvalue weighted by atomic mass is 32.2. The molecular weight excluding hydrogens is 1650 g/mol. The standard InChI is InChI=1S/C86H129N21O18S/c1-12-50(10)71(83(122)105-70(49(8)9)82(121)103-65(85(124)125)43-68(89)110)106-79(118)63(40-52-23-17-14-18-24-52)100-77(116)61(41-53-27-29-55(108)30-28-53)99-76(115)60(37-46(2)3)101-80(119)66-26-20-35-107(66)84(123)64(38-47(4)5)102-73(112)57(25-19-34-93-86(90)91)95-74(113)58(31-32-67(88)109)96-75(114)59(33-36-126-11)97-81(120)69(48(6)7)104-78(117)62(39-51-21-15-13-16-22-51)98-72(111)56(87)42-54-44-92-45-94-54/h13-18,21-24,27-30,44-50,56-66,69-71,108H,12,19-20,25-26,31-43,87H2,1-11H3,(H2,88,109)(H2,89,110)(H,92,94)(H,95,113)(H,96,114)(H,97,120)(H,98,111)(H,99,115)(H,100,116)(H,101,119)(H,102,112)(H,103,121)(H,104,117)(H,105,122)(H,106,118)(H,124,125)(H4,90,91,93)/t50-,56-,57-,58-,59-,60-,61-,62-,63-,64-,65-,66-,69-,70-,71-/m0/s1. The molecule has 692 valence electrons. The third-order valence-corrected chi connectivity index (χ3v) is 21.8.